The van der Waals surface area contributed by atoms with Gasteiger partial charge in [-0.2, -0.15) is 18.3 Å². The third-order valence-electron chi connectivity index (χ3n) is 4.55. The van der Waals surface area contributed by atoms with Crippen LogP contribution in [0.3, 0.4) is 0 Å². The zero-order chi connectivity index (χ0) is 20.8. The summed E-state index contributed by atoms with van der Waals surface area (Å²) in [6.07, 6.45) is -4.60. The number of methoxy groups -OCH3 is 1. The minimum atomic E-state index is -4.60. The Morgan fingerprint density at radius 1 is 1.00 bits per heavy atom. The fraction of sp³-hybridized carbons (Fsp3) is 0.143. The quantitative estimate of drug-likeness (QED) is 0.422. The summed E-state index contributed by atoms with van der Waals surface area (Å²) in [5.74, 6) is 0.0455. The van der Waals surface area contributed by atoms with Gasteiger partial charge in [-0.3, -0.25) is 0 Å². The molecule has 0 aliphatic carbocycles. The van der Waals surface area contributed by atoms with Gasteiger partial charge < -0.3 is 4.74 Å². The summed E-state index contributed by atoms with van der Waals surface area (Å²) in [7, 11) is 1.48. The maximum Gasteiger partial charge on any atom is 0.417 e. The lowest BCUT2D eigenvalue weighted by Gasteiger charge is -2.12. The SMILES string of the molecule is COc1cccc(-c2cc(C(F)(F)F)c3c(C)nn(-c4ccc(F)cc4)c3n2)c1. The largest absolute Gasteiger partial charge is 0.497 e. The number of hydrogen-bond donors (Lipinski definition) is 0. The lowest BCUT2D eigenvalue weighted by atomic mass is 10.0. The van der Waals surface area contributed by atoms with Crippen LogP contribution in [0.5, 0.6) is 5.75 Å². The zero-order valence-corrected chi connectivity index (χ0v) is 15.5. The Morgan fingerprint density at radius 3 is 2.38 bits per heavy atom. The van der Waals surface area contributed by atoms with Crippen molar-refractivity contribution in [3.8, 4) is 22.7 Å². The van der Waals surface area contributed by atoms with Crippen LogP contribution in [0.15, 0.2) is 54.6 Å². The van der Waals surface area contributed by atoms with Gasteiger partial charge in [0.15, 0.2) is 5.65 Å². The van der Waals surface area contributed by atoms with E-state index in [0.29, 0.717) is 17.0 Å². The molecule has 4 nitrogen and oxygen atoms in total. The first kappa shape index (κ1) is 18.9. The van der Waals surface area contributed by atoms with Gasteiger partial charge in [-0.25, -0.2) is 14.1 Å². The number of aryl methyl sites for hydroxylation is 1. The normalized spacial score (nSPS) is 11.8. The van der Waals surface area contributed by atoms with Crippen molar-refractivity contribution in [1.82, 2.24) is 14.8 Å². The minimum absolute atomic E-state index is 0.0433. The summed E-state index contributed by atoms with van der Waals surface area (Å²) < 4.78 is 61.3. The van der Waals surface area contributed by atoms with Gasteiger partial charge >= 0.3 is 6.18 Å². The van der Waals surface area contributed by atoms with Gasteiger partial charge in [0.1, 0.15) is 11.6 Å². The number of pyridine rings is 1. The van der Waals surface area contributed by atoms with Crippen LogP contribution >= 0.6 is 0 Å². The molecule has 0 atom stereocenters. The second kappa shape index (κ2) is 6.88. The fourth-order valence-corrected chi connectivity index (χ4v) is 3.21. The number of hydrogen-bond acceptors (Lipinski definition) is 3. The van der Waals surface area contributed by atoms with Crippen molar-refractivity contribution in [3.63, 3.8) is 0 Å². The molecule has 2 heterocycles. The summed E-state index contributed by atoms with van der Waals surface area (Å²) in [6.45, 7) is 1.49. The third kappa shape index (κ3) is 3.41. The van der Waals surface area contributed by atoms with Crippen LogP contribution in [0.1, 0.15) is 11.3 Å². The molecule has 0 aliphatic rings. The Bertz CT molecular complexity index is 1200. The van der Waals surface area contributed by atoms with Gasteiger partial charge in [0.25, 0.3) is 0 Å². The van der Waals surface area contributed by atoms with Crippen molar-refractivity contribution in [1.29, 1.82) is 0 Å². The third-order valence-corrected chi connectivity index (χ3v) is 4.55. The molecule has 0 spiro atoms. The lowest BCUT2D eigenvalue weighted by Crippen LogP contribution is -2.08. The average molecular weight is 401 g/mol. The number of alkyl halides is 3. The molecule has 29 heavy (non-hydrogen) atoms. The lowest BCUT2D eigenvalue weighted by molar-refractivity contribution is -0.136. The van der Waals surface area contributed by atoms with Crippen LogP contribution in [-0.4, -0.2) is 21.9 Å². The number of halogens is 4. The Morgan fingerprint density at radius 2 is 1.72 bits per heavy atom. The molecule has 8 heteroatoms. The molecule has 0 saturated heterocycles. The van der Waals surface area contributed by atoms with Crippen molar-refractivity contribution in [2.45, 2.75) is 13.1 Å². The van der Waals surface area contributed by atoms with E-state index in [-0.39, 0.29) is 22.4 Å². The van der Waals surface area contributed by atoms with Gasteiger partial charge in [-0.05, 0) is 49.4 Å². The predicted molar refractivity (Wildman–Crippen MR) is 101 cm³/mol. The van der Waals surface area contributed by atoms with Crippen molar-refractivity contribution < 1.29 is 22.3 Å². The van der Waals surface area contributed by atoms with E-state index < -0.39 is 17.6 Å². The van der Waals surface area contributed by atoms with Crippen molar-refractivity contribution >= 4 is 11.0 Å². The van der Waals surface area contributed by atoms with Gasteiger partial charge in [-0.1, -0.05) is 12.1 Å². The number of aromatic nitrogens is 3. The second-order valence-electron chi connectivity index (χ2n) is 6.46. The highest BCUT2D eigenvalue weighted by Gasteiger charge is 2.35. The first-order valence-corrected chi connectivity index (χ1v) is 8.66. The number of ether oxygens (including phenoxy) is 1. The first-order valence-electron chi connectivity index (χ1n) is 8.66. The molecule has 2 aromatic heterocycles. The summed E-state index contributed by atoms with van der Waals surface area (Å²) >= 11 is 0. The molecule has 2 aromatic carbocycles. The highest BCUT2D eigenvalue weighted by molar-refractivity contribution is 5.87. The Kier molecular flexibility index (Phi) is 4.49. The highest BCUT2D eigenvalue weighted by atomic mass is 19.4. The van der Waals surface area contributed by atoms with Crippen LogP contribution in [0.2, 0.25) is 0 Å². The van der Waals surface area contributed by atoms with Gasteiger partial charge in [0.2, 0.25) is 0 Å². The number of rotatable bonds is 3. The minimum Gasteiger partial charge on any atom is -0.497 e. The molecular formula is C21H15F4N3O. The highest BCUT2D eigenvalue weighted by Crippen LogP contribution is 2.39. The van der Waals surface area contributed by atoms with Crippen LogP contribution in [-0.2, 0) is 6.18 Å². The fourth-order valence-electron chi connectivity index (χ4n) is 3.21. The molecule has 4 rings (SSSR count). The first-order chi connectivity index (χ1) is 13.8. The van der Waals surface area contributed by atoms with Gasteiger partial charge in [0.05, 0.1) is 35.1 Å². The molecule has 148 valence electrons. The average Bonchev–Trinajstić information content (AvgIpc) is 3.04. The van der Waals surface area contributed by atoms with Crippen LogP contribution in [0, 0.1) is 12.7 Å². The molecule has 0 aliphatic heterocycles. The summed E-state index contributed by atoms with van der Waals surface area (Å²) in [4.78, 5) is 4.47. The van der Waals surface area contributed by atoms with Gasteiger partial charge in [-0.15, -0.1) is 0 Å². The summed E-state index contributed by atoms with van der Waals surface area (Å²) in [5, 5.41) is 4.15. The molecule has 4 aromatic rings. The van der Waals surface area contributed by atoms with E-state index in [1.807, 2.05) is 0 Å². The number of fused-ring (bicyclic) bond motifs is 1. The van der Waals surface area contributed by atoms with E-state index in [9.17, 15) is 17.6 Å². The summed E-state index contributed by atoms with van der Waals surface area (Å²) in [5.41, 5.74) is 0.412. The molecule has 0 amide bonds. The van der Waals surface area contributed by atoms with E-state index >= 15 is 0 Å². The molecule has 0 N–H and O–H groups in total. The van der Waals surface area contributed by atoms with Crippen molar-refractivity contribution in [3.05, 3.63) is 71.7 Å². The Balaban J connectivity index is 2.04. The molecule has 0 unspecified atom stereocenters. The standard InChI is InChI=1S/C21H15F4N3O/c1-12-19-17(21(23,24)25)11-18(13-4-3-5-16(10-13)29-2)26-20(19)28(27-12)15-8-6-14(22)7-9-15/h3-11H,1-2H3. The molecule has 0 fully saturated rings. The molecule has 0 radical (unpaired) electrons. The Labute approximate surface area is 163 Å². The zero-order valence-electron chi connectivity index (χ0n) is 15.5. The number of nitrogens with zero attached hydrogens (tertiary/aromatic N) is 3. The monoisotopic (exact) mass is 401 g/mol. The molecular weight excluding hydrogens is 386 g/mol. The smallest absolute Gasteiger partial charge is 0.417 e. The van der Waals surface area contributed by atoms with Crippen molar-refractivity contribution in [2.75, 3.05) is 7.11 Å². The predicted octanol–water partition coefficient (Wildman–Crippen LogP) is 5.56. The molecule has 0 saturated carbocycles. The van der Waals surface area contributed by atoms with E-state index in [2.05, 4.69) is 10.1 Å². The maximum atomic E-state index is 13.9. The second-order valence-corrected chi connectivity index (χ2v) is 6.46. The summed E-state index contributed by atoms with van der Waals surface area (Å²) in [6, 6.07) is 13.0. The van der Waals surface area contributed by atoms with E-state index in [1.54, 1.807) is 24.3 Å². The van der Waals surface area contributed by atoms with E-state index in [0.717, 1.165) is 6.07 Å². The van der Waals surface area contributed by atoms with Crippen LogP contribution in [0.25, 0.3) is 28.0 Å². The Hall–Kier alpha value is -3.42. The topological polar surface area (TPSA) is 39.9 Å². The van der Waals surface area contributed by atoms with E-state index in [1.165, 1.54) is 43.0 Å². The van der Waals surface area contributed by atoms with Crippen LogP contribution in [0.4, 0.5) is 17.6 Å². The number of benzene rings is 2. The molecule has 0 bridgehead atoms. The van der Waals surface area contributed by atoms with Crippen LogP contribution < -0.4 is 4.74 Å². The van der Waals surface area contributed by atoms with Crippen molar-refractivity contribution in [2.24, 2.45) is 0 Å². The van der Waals surface area contributed by atoms with Gasteiger partial charge in [0, 0.05) is 5.56 Å². The maximum absolute atomic E-state index is 13.9. The van der Waals surface area contributed by atoms with E-state index in [4.69, 9.17) is 4.74 Å².